The molecule has 1 aliphatic heterocycles. The molecule has 1 saturated heterocycles. The molecular weight excluding hydrogens is 234 g/mol. The second-order valence-corrected chi connectivity index (χ2v) is 5.09. The molecule has 0 radical (unpaired) electrons. The summed E-state index contributed by atoms with van der Waals surface area (Å²) in [6.07, 6.45) is 1.99. The van der Waals surface area contributed by atoms with Crippen LogP contribution in [0.25, 0.3) is 0 Å². The van der Waals surface area contributed by atoms with Gasteiger partial charge in [0.2, 0.25) is 0 Å². The van der Waals surface area contributed by atoms with Crippen molar-refractivity contribution in [3.05, 3.63) is 35.4 Å². The molecule has 0 spiro atoms. The molecule has 0 bridgehead atoms. The zero-order chi connectivity index (χ0) is 13.1. The first-order chi connectivity index (χ1) is 8.60. The molecule has 1 fully saturated rings. The number of nitrogens with two attached hydrogens (primary N) is 1. The van der Waals surface area contributed by atoms with E-state index < -0.39 is 11.6 Å². The first-order valence-corrected chi connectivity index (χ1v) is 6.52. The van der Waals surface area contributed by atoms with Gasteiger partial charge < -0.3 is 5.73 Å². The van der Waals surface area contributed by atoms with Gasteiger partial charge in [-0.1, -0.05) is 19.4 Å². The Morgan fingerprint density at radius 2 is 2.17 bits per heavy atom. The highest BCUT2D eigenvalue weighted by molar-refractivity contribution is 5.18. The van der Waals surface area contributed by atoms with E-state index in [-0.39, 0.29) is 6.04 Å². The highest BCUT2D eigenvalue weighted by atomic mass is 19.1. The highest BCUT2D eigenvalue weighted by Crippen LogP contribution is 2.21. The van der Waals surface area contributed by atoms with Crippen molar-refractivity contribution in [3.8, 4) is 0 Å². The van der Waals surface area contributed by atoms with Gasteiger partial charge in [-0.3, -0.25) is 4.90 Å². The van der Waals surface area contributed by atoms with E-state index in [1.165, 1.54) is 12.1 Å². The van der Waals surface area contributed by atoms with Crippen LogP contribution >= 0.6 is 0 Å². The summed E-state index contributed by atoms with van der Waals surface area (Å²) in [7, 11) is 0. The largest absolute Gasteiger partial charge is 0.327 e. The monoisotopic (exact) mass is 254 g/mol. The van der Waals surface area contributed by atoms with Gasteiger partial charge in [0.1, 0.15) is 11.6 Å². The van der Waals surface area contributed by atoms with Gasteiger partial charge >= 0.3 is 0 Å². The van der Waals surface area contributed by atoms with Crippen LogP contribution in [0.2, 0.25) is 0 Å². The molecule has 2 unspecified atom stereocenters. The van der Waals surface area contributed by atoms with Gasteiger partial charge in [-0.2, -0.15) is 0 Å². The van der Waals surface area contributed by atoms with Crippen LogP contribution in [-0.4, -0.2) is 24.0 Å². The Morgan fingerprint density at radius 1 is 1.39 bits per heavy atom. The normalized spacial score (nSPS) is 25.3. The predicted octanol–water partition coefficient (Wildman–Crippen LogP) is 2.52. The van der Waals surface area contributed by atoms with Crippen LogP contribution in [0.3, 0.4) is 0 Å². The maximum atomic E-state index is 13.6. The van der Waals surface area contributed by atoms with Crippen LogP contribution in [0, 0.1) is 17.6 Å². The van der Waals surface area contributed by atoms with Crippen LogP contribution in [0.15, 0.2) is 18.2 Å². The first-order valence-electron chi connectivity index (χ1n) is 6.52. The van der Waals surface area contributed by atoms with E-state index in [1.54, 1.807) is 0 Å². The lowest BCUT2D eigenvalue weighted by atomic mass is 9.90. The molecule has 2 nitrogen and oxygen atoms in total. The molecule has 1 heterocycles. The molecular formula is C14H20F2N2. The molecule has 1 aromatic carbocycles. The van der Waals surface area contributed by atoms with E-state index in [4.69, 9.17) is 5.73 Å². The van der Waals surface area contributed by atoms with Crippen molar-refractivity contribution in [2.45, 2.75) is 32.4 Å². The Balaban J connectivity index is 2.01. The number of hydrogen-bond acceptors (Lipinski definition) is 2. The van der Waals surface area contributed by atoms with E-state index in [2.05, 4.69) is 11.8 Å². The van der Waals surface area contributed by atoms with E-state index >= 15 is 0 Å². The summed E-state index contributed by atoms with van der Waals surface area (Å²) in [6.45, 7) is 4.45. The van der Waals surface area contributed by atoms with Crippen molar-refractivity contribution >= 4 is 0 Å². The van der Waals surface area contributed by atoms with Gasteiger partial charge in [-0.25, -0.2) is 8.78 Å². The Bertz CT molecular complexity index is 409. The molecule has 1 aliphatic rings. The molecule has 0 saturated carbocycles. The lowest BCUT2D eigenvalue weighted by molar-refractivity contribution is 0.144. The lowest BCUT2D eigenvalue weighted by Gasteiger charge is -2.36. The van der Waals surface area contributed by atoms with Crippen LogP contribution < -0.4 is 5.73 Å². The van der Waals surface area contributed by atoms with Crippen LogP contribution in [0.4, 0.5) is 8.78 Å². The number of halogens is 2. The average molecular weight is 254 g/mol. The van der Waals surface area contributed by atoms with Gasteiger partial charge in [-0.15, -0.1) is 0 Å². The van der Waals surface area contributed by atoms with Crippen molar-refractivity contribution in [2.75, 3.05) is 13.1 Å². The Kier molecular flexibility index (Phi) is 4.30. The first kappa shape index (κ1) is 13.4. The summed E-state index contributed by atoms with van der Waals surface area (Å²) < 4.78 is 26.4. The highest BCUT2D eigenvalue weighted by Gasteiger charge is 2.25. The Morgan fingerprint density at radius 3 is 2.83 bits per heavy atom. The number of rotatable bonds is 3. The van der Waals surface area contributed by atoms with Crippen LogP contribution in [-0.2, 0) is 6.54 Å². The van der Waals surface area contributed by atoms with E-state index in [0.717, 1.165) is 32.0 Å². The molecule has 2 rings (SSSR count). The molecule has 1 aromatic rings. The third-order valence-corrected chi connectivity index (χ3v) is 3.81. The topological polar surface area (TPSA) is 29.3 Å². The number of hydrogen-bond donors (Lipinski definition) is 1. The molecule has 18 heavy (non-hydrogen) atoms. The summed E-state index contributed by atoms with van der Waals surface area (Å²) in [4.78, 5) is 2.20. The zero-order valence-electron chi connectivity index (χ0n) is 10.7. The van der Waals surface area contributed by atoms with Gasteiger partial charge in [0.25, 0.3) is 0 Å². The molecule has 2 atom stereocenters. The standard InChI is InChI=1S/C14H20F2N2/c1-2-10-8-18(6-5-14(10)17)9-11-3-4-12(15)7-13(11)16/h3-4,7,10,14H,2,5-6,8-9,17H2,1H3. The Labute approximate surface area is 107 Å². The smallest absolute Gasteiger partial charge is 0.130 e. The number of likely N-dealkylation sites (tertiary alicyclic amines) is 1. The maximum Gasteiger partial charge on any atom is 0.130 e. The van der Waals surface area contributed by atoms with Crippen molar-refractivity contribution < 1.29 is 8.78 Å². The third-order valence-electron chi connectivity index (χ3n) is 3.81. The minimum atomic E-state index is -0.525. The summed E-state index contributed by atoms with van der Waals surface area (Å²) in [5.74, 6) is -0.511. The molecule has 0 aliphatic carbocycles. The van der Waals surface area contributed by atoms with Gasteiger partial charge in [0.15, 0.2) is 0 Å². The van der Waals surface area contributed by atoms with Crippen molar-refractivity contribution in [2.24, 2.45) is 11.7 Å². The van der Waals surface area contributed by atoms with Crippen molar-refractivity contribution in [1.82, 2.24) is 4.90 Å². The summed E-state index contributed by atoms with van der Waals surface area (Å²) in [6, 6.07) is 4.04. The molecule has 0 amide bonds. The van der Waals surface area contributed by atoms with Crippen LogP contribution in [0.5, 0.6) is 0 Å². The molecule has 100 valence electrons. The van der Waals surface area contributed by atoms with E-state index in [1.807, 2.05) is 0 Å². The van der Waals surface area contributed by atoms with E-state index in [0.29, 0.717) is 18.0 Å². The third kappa shape index (κ3) is 3.06. The van der Waals surface area contributed by atoms with Gasteiger partial charge in [-0.05, 0) is 24.9 Å². The van der Waals surface area contributed by atoms with Gasteiger partial charge in [0, 0.05) is 30.8 Å². The van der Waals surface area contributed by atoms with Crippen molar-refractivity contribution in [1.29, 1.82) is 0 Å². The number of benzene rings is 1. The maximum absolute atomic E-state index is 13.6. The molecule has 0 aromatic heterocycles. The quantitative estimate of drug-likeness (QED) is 0.898. The second-order valence-electron chi connectivity index (χ2n) is 5.09. The Hall–Kier alpha value is -1.00. The van der Waals surface area contributed by atoms with Crippen molar-refractivity contribution in [3.63, 3.8) is 0 Å². The summed E-state index contributed by atoms with van der Waals surface area (Å²) >= 11 is 0. The SMILES string of the molecule is CCC1CN(Cc2ccc(F)cc2F)CCC1N. The fourth-order valence-electron chi connectivity index (χ4n) is 2.59. The number of piperidine rings is 1. The summed E-state index contributed by atoms with van der Waals surface area (Å²) in [5.41, 5.74) is 6.60. The van der Waals surface area contributed by atoms with Crippen LogP contribution in [0.1, 0.15) is 25.3 Å². The summed E-state index contributed by atoms with van der Waals surface area (Å²) in [5, 5.41) is 0. The van der Waals surface area contributed by atoms with E-state index in [9.17, 15) is 8.78 Å². The molecule has 4 heteroatoms. The zero-order valence-corrected chi connectivity index (χ0v) is 10.7. The average Bonchev–Trinajstić information content (AvgIpc) is 2.35. The minimum absolute atomic E-state index is 0.254. The predicted molar refractivity (Wildman–Crippen MR) is 68.0 cm³/mol. The fraction of sp³-hybridized carbons (Fsp3) is 0.571. The minimum Gasteiger partial charge on any atom is -0.327 e. The second kappa shape index (κ2) is 5.76. The molecule has 2 N–H and O–H groups in total. The van der Waals surface area contributed by atoms with Gasteiger partial charge in [0.05, 0.1) is 0 Å². The number of nitrogens with zero attached hydrogens (tertiary/aromatic N) is 1. The lowest BCUT2D eigenvalue weighted by Crippen LogP contribution is -2.46. The fourth-order valence-corrected chi connectivity index (χ4v) is 2.59.